The molecule has 0 unspecified atom stereocenters. The molecule has 1 saturated heterocycles. The van der Waals surface area contributed by atoms with Crippen LogP contribution in [0.25, 0.3) is 22.2 Å². The van der Waals surface area contributed by atoms with E-state index < -0.39 is 80.3 Å². The molecular weight excluding hydrogens is 739 g/mol. The fourth-order valence-corrected chi connectivity index (χ4v) is 8.72. The van der Waals surface area contributed by atoms with Crippen molar-refractivity contribution in [1.82, 2.24) is 25.2 Å². The SMILES string of the molecule is C=C[C@@H]1C[C@]1(NC(=O)[C@@H]1C[C@@H](Oc2cc(-c3ccccc3)nc3cc(OC)ccc23)CN1C(=O)[C@@H](NC(=O)OC(C)(C)C)C(C)C)C(=O)NS(=O)(=O)C1CCC1. The van der Waals surface area contributed by atoms with Crippen molar-refractivity contribution >= 4 is 44.7 Å². The minimum atomic E-state index is -3.95. The number of amides is 4. The fraction of sp³-hybridized carbons (Fsp3) is 0.488. The summed E-state index contributed by atoms with van der Waals surface area (Å²) in [6.07, 6.45) is 1.81. The number of alkyl carbamates (subject to hydrolysis) is 1. The van der Waals surface area contributed by atoms with E-state index in [-0.39, 0.29) is 19.4 Å². The average molecular weight is 790 g/mol. The zero-order valence-corrected chi connectivity index (χ0v) is 33.5. The molecule has 300 valence electrons. The first-order valence-electron chi connectivity index (χ1n) is 19.0. The predicted molar refractivity (Wildman–Crippen MR) is 210 cm³/mol. The van der Waals surface area contributed by atoms with Gasteiger partial charge in [0.25, 0.3) is 5.91 Å². The summed E-state index contributed by atoms with van der Waals surface area (Å²) in [4.78, 5) is 61.7. The van der Waals surface area contributed by atoms with Crippen LogP contribution in [0.15, 0.2) is 67.3 Å². The number of aromatic nitrogens is 1. The molecule has 2 saturated carbocycles. The molecule has 5 atom stereocenters. The van der Waals surface area contributed by atoms with Gasteiger partial charge in [-0.1, -0.05) is 56.7 Å². The van der Waals surface area contributed by atoms with Gasteiger partial charge in [0.05, 0.1) is 30.1 Å². The van der Waals surface area contributed by atoms with Crippen molar-refractivity contribution in [2.75, 3.05) is 13.7 Å². The summed E-state index contributed by atoms with van der Waals surface area (Å²) >= 11 is 0. The molecule has 3 aromatic rings. The molecule has 4 amide bonds. The molecule has 6 rings (SSSR count). The second-order valence-electron chi connectivity index (χ2n) is 16.1. The first-order chi connectivity index (χ1) is 26.4. The summed E-state index contributed by atoms with van der Waals surface area (Å²) in [5.41, 5.74) is -0.305. The first kappa shape index (κ1) is 40.5. The smallest absolute Gasteiger partial charge is 0.408 e. The van der Waals surface area contributed by atoms with E-state index in [2.05, 4.69) is 21.9 Å². The number of carbonyl (C=O) groups excluding carboxylic acids is 4. The third kappa shape index (κ3) is 8.62. The van der Waals surface area contributed by atoms with Gasteiger partial charge in [-0.05, 0) is 58.1 Å². The summed E-state index contributed by atoms with van der Waals surface area (Å²) in [7, 11) is -2.38. The molecule has 3 N–H and O–H groups in total. The molecule has 0 spiro atoms. The average Bonchev–Trinajstić information content (AvgIpc) is 3.67. The summed E-state index contributed by atoms with van der Waals surface area (Å²) in [5.74, 6) is -1.93. The van der Waals surface area contributed by atoms with E-state index in [9.17, 15) is 27.6 Å². The number of sulfonamides is 1. The number of likely N-dealkylation sites (tertiary alicyclic amines) is 1. The van der Waals surface area contributed by atoms with Crippen LogP contribution >= 0.6 is 0 Å². The maximum Gasteiger partial charge on any atom is 0.408 e. The number of ether oxygens (including phenoxy) is 3. The Kier molecular flexibility index (Phi) is 11.4. The zero-order chi connectivity index (χ0) is 40.6. The Morgan fingerprint density at radius 2 is 1.77 bits per heavy atom. The molecule has 56 heavy (non-hydrogen) atoms. The van der Waals surface area contributed by atoms with Crippen LogP contribution in [0.2, 0.25) is 0 Å². The largest absolute Gasteiger partial charge is 0.497 e. The van der Waals surface area contributed by atoms with Gasteiger partial charge >= 0.3 is 6.09 Å². The lowest BCUT2D eigenvalue weighted by molar-refractivity contribution is -0.141. The summed E-state index contributed by atoms with van der Waals surface area (Å²) in [6, 6.07) is 14.6. The normalized spacial score (nSPS) is 22.8. The molecule has 2 aromatic carbocycles. The third-order valence-corrected chi connectivity index (χ3v) is 12.4. The molecule has 2 heterocycles. The van der Waals surface area contributed by atoms with Gasteiger partial charge in [-0.25, -0.2) is 18.2 Å². The molecule has 0 radical (unpaired) electrons. The first-order valence-corrected chi connectivity index (χ1v) is 20.5. The van der Waals surface area contributed by atoms with Crippen molar-refractivity contribution in [2.24, 2.45) is 11.8 Å². The van der Waals surface area contributed by atoms with Crippen LogP contribution in [0.3, 0.4) is 0 Å². The second kappa shape index (κ2) is 15.8. The van der Waals surface area contributed by atoms with Gasteiger partial charge in [-0.2, -0.15) is 0 Å². The quantitative estimate of drug-likeness (QED) is 0.202. The molecule has 1 aromatic heterocycles. The lowest BCUT2D eigenvalue weighted by Crippen LogP contribution is -2.59. The molecule has 3 fully saturated rings. The molecule has 0 bridgehead atoms. The van der Waals surface area contributed by atoms with Crippen LogP contribution in [0.4, 0.5) is 4.79 Å². The lowest BCUT2D eigenvalue weighted by Gasteiger charge is -2.32. The standard InChI is InChI=1S/C41H51N5O9S/c1-8-26-22-41(26,38(49)45-56(51,52)29-15-12-16-29)44-36(47)33-20-28(23-46(33)37(48)35(24(2)3)43-39(50)55-40(4,5)6)54-34-21-31(25-13-10-9-11-14-25)42-32-19-27(53-7)17-18-30(32)34/h8-11,13-14,17-19,21,24,26,28-29,33,35H,1,12,15-16,20,22-23H2,2-7H3,(H,43,50)(H,44,47)(H,45,49)/t26-,28-,33+,35+,41-/m1/s1. The highest BCUT2D eigenvalue weighted by atomic mass is 32.2. The van der Waals surface area contributed by atoms with Gasteiger partial charge in [0, 0.05) is 35.4 Å². The van der Waals surface area contributed by atoms with Crippen molar-refractivity contribution in [2.45, 2.75) is 101 Å². The Labute approximate surface area is 327 Å². The monoisotopic (exact) mass is 789 g/mol. The molecular formula is C41H51N5O9S. The predicted octanol–water partition coefficient (Wildman–Crippen LogP) is 4.87. The van der Waals surface area contributed by atoms with Gasteiger partial charge in [0.15, 0.2) is 0 Å². The number of nitrogens with one attached hydrogen (secondary N) is 3. The van der Waals surface area contributed by atoms with Gasteiger partial charge in [0.2, 0.25) is 21.8 Å². The van der Waals surface area contributed by atoms with E-state index in [0.717, 1.165) is 12.0 Å². The van der Waals surface area contributed by atoms with Crippen molar-refractivity contribution in [3.05, 3.63) is 67.3 Å². The second-order valence-corrected chi connectivity index (χ2v) is 18.1. The maximum atomic E-state index is 14.5. The van der Waals surface area contributed by atoms with Crippen molar-refractivity contribution in [1.29, 1.82) is 0 Å². The Morgan fingerprint density at radius 3 is 2.36 bits per heavy atom. The number of nitrogens with zero attached hydrogens (tertiary/aromatic N) is 2. The summed E-state index contributed by atoms with van der Waals surface area (Å²) in [5, 5.41) is 5.52. The summed E-state index contributed by atoms with van der Waals surface area (Å²) in [6.45, 7) is 12.4. The van der Waals surface area contributed by atoms with E-state index in [1.165, 1.54) is 11.0 Å². The number of methoxy groups -OCH3 is 1. The van der Waals surface area contributed by atoms with Gasteiger partial charge < -0.3 is 29.7 Å². The van der Waals surface area contributed by atoms with Crippen LogP contribution in [-0.4, -0.2) is 90.3 Å². The Morgan fingerprint density at radius 1 is 1.05 bits per heavy atom. The topological polar surface area (TPSA) is 182 Å². The van der Waals surface area contributed by atoms with Crippen LogP contribution in [-0.2, 0) is 29.1 Å². The van der Waals surface area contributed by atoms with Crippen LogP contribution < -0.4 is 24.8 Å². The van der Waals surface area contributed by atoms with Crippen molar-refractivity contribution in [3.63, 3.8) is 0 Å². The minimum absolute atomic E-state index is 0.0201. The van der Waals surface area contributed by atoms with E-state index in [4.69, 9.17) is 19.2 Å². The van der Waals surface area contributed by atoms with Crippen LogP contribution in [0.1, 0.15) is 66.7 Å². The molecule has 3 aliphatic rings. The minimum Gasteiger partial charge on any atom is -0.497 e. The maximum absolute atomic E-state index is 14.5. The van der Waals surface area contributed by atoms with E-state index in [0.29, 0.717) is 40.9 Å². The van der Waals surface area contributed by atoms with Crippen molar-refractivity contribution in [3.8, 4) is 22.8 Å². The number of pyridine rings is 1. The van der Waals surface area contributed by atoms with E-state index in [1.807, 2.05) is 42.5 Å². The molecule has 2 aliphatic carbocycles. The number of hydrogen-bond acceptors (Lipinski definition) is 10. The Bertz CT molecular complexity index is 2120. The highest BCUT2D eigenvalue weighted by molar-refractivity contribution is 7.90. The number of hydrogen-bond donors (Lipinski definition) is 3. The van der Waals surface area contributed by atoms with Gasteiger partial charge in [0.1, 0.15) is 40.8 Å². The van der Waals surface area contributed by atoms with Gasteiger partial charge in [-0.15, -0.1) is 6.58 Å². The van der Waals surface area contributed by atoms with Crippen LogP contribution in [0.5, 0.6) is 11.5 Å². The number of benzene rings is 2. The van der Waals surface area contributed by atoms with E-state index in [1.54, 1.807) is 53.9 Å². The number of carbonyl (C=O) groups is 4. The molecule has 1 aliphatic heterocycles. The number of rotatable bonds is 13. The van der Waals surface area contributed by atoms with Gasteiger partial charge in [-0.3, -0.25) is 19.1 Å². The Hall–Kier alpha value is -5.18. The molecule has 15 heteroatoms. The Balaban J connectivity index is 1.32. The van der Waals surface area contributed by atoms with E-state index >= 15 is 0 Å². The summed E-state index contributed by atoms with van der Waals surface area (Å²) < 4.78 is 45.7. The zero-order valence-electron chi connectivity index (χ0n) is 32.7. The third-order valence-electron chi connectivity index (χ3n) is 10.6. The van der Waals surface area contributed by atoms with Crippen molar-refractivity contribution < 1.29 is 41.8 Å². The number of fused-ring (bicyclic) bond motifs is 1. The highest BCUT2D eigenvalue weighted by Crippen LogP contribution is 2.45. The highest BCUT2D eigenvalue weighted by Gasteiger charge is 2.62. The van der Waals surface area contributed by atoms with Crippen LogP contribution in [0, 0.1) is 11.8 Å². The fourth-order valence-electron chi connectivity index (χ4n) is 7.16. The lowest BCUT2D eigenvalue weighted by atomic mass is 10.0. The molecule has 14 nitrogen and oxygen atoms in total.